The van der Waals surface area contributed by atoms with E-state index in [0.717, 1.165) is 6.07 Å². The lowest BCUT2D eigenvalue weighted by Gasteiger charge is -2.08. The number of benzene rings is 2. The first-order valence-electron chi connectivity index (χ1n) is 6.30. The Morgan fingerprint density at radius 3 is 2.39 bits per heavy atom. The van der Waals surface area contributed by atoms with Crippen molar-refractivity contribution in [3.63, 3.8) is 0 Å². The summed E-state index contributed by atoms with van der Waals surface area (Å²) in [5.41, 5.74) is -2.80. The van der Waals surface area contributed by atoms with Crippen LogP contribution >= 0.6 is 0 Å². The van der Waals surface area contributed by atoms with Crippen LogP contribution in [0.4, 0.5) is 4.39 Å². The molecule has 0 radical (unpaired) electrons. The summed E-state index contributed by atoms with van der Waals surface area (Å²) in [6.45, 7) is 0. The van der Waals surface area contributed by atoms with Crippen LogP contribution in [0.25, 0.3) is 10.9 Å². The molecule has 7 nitrogen and oxygen atoms in total. The van der Waals surface area contributed by atoms with E-state index in [1.165, 1.54) is 24.3 Å². The van der Waals surface area contributed by atoms with Gasteiger partial charge in [0.25, 0.3) is 5.56 Å². The minimum Gasteiger partial charge on any atom is -0.421 e. The first kappa shape index (κ1) is 15.0. The van der Waals surface area contributed by atoms with Crippen LogP contribution < -0.4 is 11.2 Å². The van der Waals surface area contributed by atoms with Crippen molar-refractivity contribution in [2.75, 3.05) is 0 Å². The first-order valence-corrected chi connectivity index (χ1v) is 7.78. The zero-order chi connectivity index (χ0) is 16.8. The van der Waals surface area contributed by atoms with Gasteiger partial charge in [0.2, 0.25) is 9.84 Å². The standard InChI is InChI=1S/C14H9FN2O5S/c15-8-6-10-12(16-14(19)17(20)13(10)18)11(7-8)23(21,22)9-4-2-1-3-5-9/h1-7,20H,(H,16,19). The molecule has 118 valence electrons. The zero-order valence-corrected chi connectivity index (χ0v) is 12.2. The van der Waals surface area contributed by atoms with Gasteiger partial charge in [-0.3, -0.25) is 4.79 Å². The molecule has 0 atom stereocenters. The third-order valence-electron chi connectivity index (χ3n) is 3.26. The molecule has 1 heterocycles. The van der Waals surface area contributed by atoms with Crippen LogP contribution in [0.1, 0.15) is 0 Å². The predicted octanol–water partition coefficient (Wildman–Crippen LogP) is 0.899. The van der Waals surface area contributed by atoms with Crippen molar-refractivity contribution >= 4 is 20.7 Å². The van der Waals surface area contributed by atoms with E-state index in [0.29, 0.717) is 6.07 Å². The number of aromatic nitrogens is 2. The molecule has 0 unspecified atom stereocenters. The number of rotatable bonds is 2. The smallest absolute Gasteiger partial charge is 0.362 e. The Morgan fingerprint density at radius 1 is 1.09 bits per heavy atom. The van der Waals surface area contributed by atoms with Crippen molar-refractivity contribution in [1.29, 1.82) is 0 Å². The van der Waals surface area contributed by atoms with E-state index >= 15 is 0 Å². The van der Waals surface area contributed by atoms with Crippen LogP contribution in [-0.2, 0) is 9.84 Å². The molecule has 0 saturated heterocycles. The van der Waals surface area contributed by atoms with Crippen LogP contribution in [0.3, 0.4) is 0 Å². The van der Waals surface area contributed by atoms with Crippen molar-refractivity contribution in [3.05, 3.63) is 69.1 Å². The van der Waals surface area contributed by atoms with Crippen LogP contribution in [0.2, 0.25) is 0 Å². The van der Waals surface area contributed by atoms with Crippen LogP contribution in [0, 0.1) is 5.82 Å². The molecule has 0 saturated carbocycles. The lowest BCUT2D eigenvalue weighted by atomic mass is 10.2. The topological polar surface area (TPSA) is 109 Å². The normalized spacial score (nSPS) is 11.7. The van der Waals surface area contributed by atoms with Gasteiger partial charge >= 0.3 is 5.69 Å². The summed E-state index contributed by atoms with van der Waals surface area (Å²) in [5, 5.41) is 8.84. The van der Waals surface area contributed by atoms with Crippen LogP contribution in [0.5, 0.6) is 0 Å². The van der Waals surface area contributed by atoms with Gasteiger partial charge in [-0.15, -0.1) is 0 Å². The van der Waals surface area contributed by atoms with E-state index in [1.807, 2.05) is 0 Å². The molecule has 23 heavy (non-hydrogen) atoms. The molecule has 3 rings (SSSR count). The van der Waals surface area contributed by atoms with E-state index in [4.69, 9.17) is 0 Å². The Balaban J connectivity index is 2.48. The number of nitrogens with zero attached hydrogens (tertiary/aromatic N) is 1. The summed E-state index contributed by atoms with van der Waals surface area (Å²) in [6, 6.07) is 8.63. The summed E-state index contributed by atoms with van der Waals surface area (Å²) < 4.78 is 38.8. The van der Waals surface area contributed by atoms with Gasteiger partial charge in [0.05, 0.1) is 20.7 Å². The Kier molecular flexibility index (Phi) is 3.29. The molecule has 3 aromatic rings. The molecular formula is C14H9FN2O5S. The molecule has 0 aliphatic carbocycles. The summed E-state index contributed by atoms with van der Waals surface area (Å²) in [5.74, 6) is -0.990. The number of hydrogen-bond donors (Lipinski definition) is 2. The third-order valence-corrected chi connectivity index (χ3v) is 5.05. The van der Waals surface area contributed by atoms with Crippen molar-refractivity contribution in [2.45, 2.75) is 9.79 Å². The molecule has 0 spiro atoms. The molecule has 2 aromatic carbocycles. The van der Waals surface area contributed by atoms with Gasteiger partial charge in [0, 0.05) is 0 Å². The predicted molar refractivity (Wildman–Crippen MR) is 77.9 cm³/mol. The van der Waals surface area contributed by atoms with Gasteiger partial charge in [-0.1, -0.05) is 22.9 Å². The van der Waals surface area contributed by atoms with Gasteiger partial charge in [0.15, 0.2) is 0 Å². The van der Waals surface area contributed by atoms with Gasteiger partial charge in [-0.25, -0.2) is 17.6 Å². The average molecular weight is 336 g/mol. The van der Waals surface area contributed by atoms with Crippen LogP contribution in [0.15, 0.2) is 61.8 Å². The summed E-state index contributed by atoms with van der Waals surface area (Å²) in [7, 11) is -4.17. The third kappa shape index (κ3) is 2.30. The van der Waals surface area contributed by atoms with Crippen molar-refractivity contribution in [2.24, 2.45) is 0 Å². The number of hydrogen-bond acceptors (Lipinski definition) is 5. The molecule has 2 N–H and O–H groups in total. The van der Waals surface area contributed by atoms with E-state index in [2.05, 4.69) is 4.98 Å². The number of aromatic amines is 1. The van der Waals surface area contributed by atoms with Crippen molar-refractivity contribution in [1.82, 2.24) is 9.71 Å². The molecule has 0 aliphatic rings. The molecule has 9 heteroatoms. The molecule has 0 amide bonds. The molecule has 0 fully saturated rings. The Labute approximate surface area is 128 Å². The number of fused-ring (bicyclic) bond motifs is 1. The Hall–Kier alpha value is -2.94. The molecule has 0 bridgehead atoms. The second-order valence-corrected chi connectivity index (χ2v) is 6.61. The van der Waals surface area contributed by atoms with E-state index in [1.54, 1.807) is 6.07 Å². The van der Waals surface area contributed by atoms with Crippen LogP contribution in [-0.4, -0.2) is 23.3 Å². The highest BCUT2D eigenvalue weighted by Gasteiger charge is 2.23. The minimum atomic E-state index is -4.17. The quantitative estimate of drug-likeness (QED) is 0.676. The summed E-state index contributed by atoms with van der Waals surface area (Å²) in [6.07, 6.45) is 0. The number of sulfone groups is 1. The lowest BCUT2D eigenvalue weighted by molar-refractivity contribution is 0.162. The lowest BCUT2D eigenvalue weighted by Crippen LogP contribution is -2.33. The fraction of sp³-hybridized carbons (Fsp3) is 0. The van der Waals surface area contributed by atoms with Gasteiger partial charge in [-0.05, 0) is 24.3 Å². The Bertz CT molecular complexity index is 1130. The van der Waals surface area contributed by atoms with Crippen molar-refractivity contribution in [3.8, 4) is 0 Å². The van der Waals surface area contributed by atoms with Gasteiger partial charge in [0.1, 0.15) is 5.82 Å². The maximum absolute atomic E-state index is 13.8. The fourth-order valence-corrected chi connectivity index (χ4v) is 3.65. The highest BCUT2D eigenvalue weighted by molar-refractivity contribution is 7.91. The second kappa shape index (κ2) is 5.06. The van der Waals surface area contributed by atoms with Crippen molar-refractivity contribution < 1.29 is 18.0 Å². The molecule has 1 aromatic heterocycles. The maximum Gasteiger partial charge on any atom is 0.362 e. The van der Waals surface area contributed by atoms with Gasteiger partial charge in [-0.2, -0.15) is 0 Å². The monoisotopic (exact) mass is 336 g/mol. The van der Waals surface area contributed by atoms with Gasteiger partial charge < -0.3 is 10.2 Å². The molecule has 0 aliphatic heterocycles. The number of H-pyrrole nitrogens is 1. The SMILES string of the molecule is O=c1[nH]c2c(S(=O)(=O)c3ccccc3)cc(F)cc2c(=O)n1O. The second-order valence-electron chi connectivity index (χ2n) is 4.69. The summed E-state index contributed by atoms with van der Waals surface area (Å²) in [4.78, 5) is 24.8. The zero-order valence-electron chi connectivity index (χ0n) is 11.4. The first-order chi connectivity index (χ1) is 10.8. The average Bonchev–Trinajstić information content (AvgIpc) is 2.54. The number of halogens is 1. The highest BCUT2D eigenvalue weighted by Crippen LogP contribution is 2.26. The van der Waals surface area contributed by atoms with E-state index in [9.17, 15) is 27.6 Å². The summed E-state index contributed by atoms with van der Waals surface area (Å²) >= 11 is 0. The molecular weight excluding hydrogens is 327 g/mol. The number of nitrogens with one attached hydrogen (secondary N) is 1. The van der Waals surface area contributed by atoms with E-state index < -0.39 is 37.2 Å². The highest BCUT2D eigenvalue weighted by atomic mass is 32.2. The van der Waals surface area contributed by atoms with E-state index in [-0.39, 0.29) is 15.1 Å². The maximum atomic E-state index is 13.8. The fourth-order valence-electron chi connectivity index (χ4n) is 2.18. The largest absolute Gasteiger partial charge is 0.421 e. The minimum absolute atomic E-state index is 0.124. The Morgan fingerprint density at radius 2 is 1.74 bits per heavy atom.